The Morgan fingerprint density at radius 3 is 2.50 bits per heavy atom. The SMILES string of the molecule is CCCn1c(C)cc(C(=O)COC(=O)CNC(=O)c2ccccc2OC)c1C. The summed E-state index contributed by atoms with van der Waals surface area (Å²) in [6.45, 7) is 6.03. The third kappa shape index (κ3) is 5.00. The first-order valence-corrected chi connectivity index (χ1v) is 9.15. The van der Waals surface area contributed by atoms with Gasteiger partial charge in [0.05, 0.1) is 12.7 Å². The van der Waals surface area contributed by atoms with Crippen LogP contribution >= 0.6 is 0 Å². The van der Waals surface area contributed by atoms with Crippen LogP contribution in [0.3, 0.4) is 0 Å². The van der Waals surface area contributed by atoms with Crippen LogP contribution < -0.4 is 10.1 Å². The number of carbonyl (C=O) groups excluding carboxylic acids is 3. The van der Waals surface area contributed by atoms with Gasteiger partial charge in [-0.05, 0) is 38.5 Å². The van der Waals surface area contributed by atoms with Crippen molar-refractivity contribution in [2.45, 2.75) is 33.7 Å². The second kappa shape index (κ2) is 9.73. The number of nitrogens with one attached hydrogen (secondary N) is 1. The summed E-state index contributed by atoms with van der Waals surface area (Å²) in [5.74, 6) is -0.992. The van der Waals surface area contributed by atoms with Crippen molar-refractivity contribution in [2.75, 3.05) is 20.3 Å². The van der Waals surface area contributed by atoms with Crippen molar-refractivity contribution < 1.29 is 23.9 Å². The van der Waals surface area contributed by atoms with Crippen molar-refractivity contribution in [1.82, 2.24) is 9.88 Å². The molecule has 7 nitrogen and oxygen atoms in total. The lowest BCUT2D eigenvalue weighted by Gasteiger charge is -2.09. The molecular weight excluding hydrogens is 360 g/mol. The first kappa shape index (κ1) is 21.2. The molecule has 2 rings (SSSR count). The monoisotopic (exact) mass is 386 g/mol. The Hall–Kier alpha value is -3.09. The number of para-hydroxylation sites is 1. The number of ether oxygens (including phenoxy) is 2. The number of ketones is 1. The lowest BCUT2D eigenvalue weighted by molar-refractivity contribution is -0.141. The van der Waals surface area contributed by atoms with Gasteiger partial charge in [-0.15, -0.1) is 0 Å². The first-order chi connectivity index (χ1) is 13.4. The Balaban J connectivity index is 1.88. The first-order valence-electron chi connectivity index (χ1n) is 9.15. The number of esters is 1. The molecule has 0 aliphatic heterocycles. The summed E-state index contributed by atoms with van der Waals surface area (Å²) in [5, 5.41) is 2.47. The number of Topliss-reactive ketones (excluding diaryl/α,β-unsaturated/α-hetero) is 1. The number of methoxy groups -OCH3 is 1. The zero-order valence-electron chi connectivity index (χ0n) is 16.7. The molecule has 1 heterocycles. The predicted molar refractivity (Wildman–Crippen MR) is 105 cm³/mol. The lowest BCUT2D eigenvalue weighted by atomic mass is 10.1. The zero-order valence-corrected chi connectivity index (χ0v) is 16.7. The lowest BCUT2D eigenvalue weighted by Crippen LogP contribution is -2.31. The van der Waals surface area contributed by atoms with E-state index in [4.69, 9.17) is 9.47 Å². The number of rotatable bonds is 9. The number of hydrogen-bond acceptors (Lipinski definition) is 5. The molecule has 0 unspecified atom stereocenters. The van der Waals surface area contributed by atoms with E-state index in [-0.39, 0.29) is 18.9 Å². The maximum absolute atomic E-state index is 12.4. The van der Waals surface area contributed by atoms with E-state index < -0.39 is 11.9 Å². The van der Waals surface area contributed by atoms with Gasteiger partial charge in [-0.1, -0.05) is 19.1 Å². The fourth-order valence-corrected chi connectivity index (χ4v) is 3.01. The van der Waals surface area contributed by atoms with Gasteiger partial charge in [0.25, 0.3) is 5.91 Å². The largest absolute Gasteiger partial charge is 0.496 e. The average Bonchev–Trinajstić information content (AvgIpc) is 2.98. The molecule has 0 saturated carbocycles. The molecule has 0 bridgehead atoms. The molecule has 1 amide bonds. The van der Waals surface area contributed by atoms with E-state index >= 15 is 0 Å². The number of amides is 1. The van der Waals surface area contributed by atoms with Crippen LogP contribution in [-0.4, -0.2) is 42.5 Å². The third-order valence-corrected chi connectivity index (χ3v) is 4.43. The summed E-state index contributed by atoms with van der Waals surface area (Å²) in [7, 11) is 1.46. The number of benzene rings is 1. The summed E-state index contributed by atoms with van der Waals surface area (Å²) in [6, 6.07) is 8.50. The molecule has 0 radical (unpaired) electrons. The number of carbonyl (C=O) groups is 3. The minimum Gasteiger partial charge on any atom is -0.496 e. The highest BCUT2D eigenvalue weighted by Gasteiger charge is 2.18. The Kier molecular flexibility index (Phi) is 7.37. The predicted octanol–water partition coefficient (Wildman–Crippen LogP) is 2.68. The quantitative estimate of drug-likeness (QED) is 0.529. The van der Waals surface area contributed by atoms with Gasteiger partial charge in [0, 0.05) is 23.5 Å². The maximum Gasteiger partial charge on any atom is 0.325 e. The smallest absolute Gasteiger partial charge is 0.325 e. The van der Waals surface area contributed by atoms with Gasteiger partial charge < -0.3 is 19.4 Å². The van der Waals surface area contributed by atoms with Gasteiger partial charge in [0.1, 0.15) is 12.3 Å². The molecule has 0 aliphatic rings. The van der Waals surface area contributed by atoms with Crippen molar-refractivity contribution in [1.29, 1.82) is 0 Å². The molecule has 7 heteroatoms. The van der Waals surface area contributed by atoms with E-state index in [0.717, 1.165) is 24.4 Å². The molecule has 28 heavy (non-hydrogen) atoms. The zero-order chi connectivity index (χ0) is 20.7. The molecule has 1 aromatic heterocycles. The summed E-state index contributed by atoms with van der Waals surface area (Å²) in [5.41, 5.74) is 2.73. The topological polar surface area (TPSA) is 86.6 Å². The van der Waals surface area contributed by atoms with Crippen molar-refractivity contribution in [3.05, 3.63) is 52.8 Å². The minimum absolute atomic E-state index is 0.264. The van der Waals surface area contributed by atoms with Gasteiger partial charge >= 0.3 is 5.97 Å². The van der Waals surface area contributed by atoms with Gasteiger partial charge in [0.15, 0.2) is 6.61 Å². The number of hydrogen-bond donors (Lipinski definition) is 1. The van der Waals surface area contributed by atoms with E-state index in [1.165, 1.54) is 7.11 Å². The maximum atomic E-state index is 12.4. The Morgan fingerprint density at radius 1 is 1.11 bits per heavy atom. The minimum atomic E-state index is -0.682. The molecule has 0 spiro atoms. The average molecular weight is 386 g/mol. The fourth-order valence-electron chi connectivity index (χ4n) is 3.01. The van der Waals surface area contributed by atoms with Crippen molar-refractivity contribution in [2.24, 2.45) is 0 Å². The van der Waals surface area contributed by atoms with Crippen LogP contribution in [0, 0.1) is 13.8 Å². The molecule has 1 aromatic carbocycles. The summed E-state index contributed by atoms with van der Waals surface area (Å²) < 4.78 is 12.2. The Morgan fingerprint density at radius 2 is 1.82 bits per heavy atom. The summed E-state index contributed by atoms with van der Waals surface area (Å²) in [6.07, 6.45) is 0.963. The van der Waals surface area contributed by atoms with Crippen LogP contribution in [0.4, 0.5) is 0 Å². The summed E-state index contributed by atoms with van der Waals surface area (Å²) >= 11 is 0. The van der Waals surface area contributed by atoms with Crippen LogP contribution in [0.25, 0.3) is 0 Å². The van der Waals surface area contributed by atoms with Crippen molar-refractivity contribution in [3.8, 4) is 5.75 Å². The molecule has 150 valence electrons. The molecular formula is C21H26N2O5. The highest BCUT2D eigenvalue weighted by molar-refractivity contribution is 6.00. The number of nitrogens with zero attached hydrogens (tertiary/aromatic N) is 1. The Bertz CT molecular complexity index is 870. The normalized spacial score (nSPS) is 10.4. The van der Waals surface area contributed by atoms with Crippen molar-refractivity contribution in [3.63, 3.8) is 0 Å². The van der Waals surface area contributed by atoms with E-state index in [0.29, 0.717) is 16.9 Å². The third-order valence-electron chi connectivity index (χ3n) is 4.43. The van der Waals surface area contributed by atoms with E-state index in [1.807, 2.05) is 19.9 Å². The highest BCUT2D eigenvalue weighted by Crippen LogP contribution is 2.17. The highest BCUT2D eigenvalue weighted by atomic mass is 16.5. The molecule has 2 aromatic rings. The molecule has 1 N–H and O–H groups in total. The van der Waals surface area contributed by atoms with Crippen LogP contribution in [0.1, 0.15) is 45.4 Å². The van der Waals surface area contributed by atoms with E-state index in [1.54, 1.807) is 24.3 Å². The van der Waals surface area contributed by atoms with E-state index in [9.17, 15) is 14.4 Å². The van der Waals surface area contributed by atoms with Gasteiger partial charge in [-0.2, -0.15) is 0 Å². The van der Waals surface area contributed by atoms with Gasteiger partial charge in [0.2, 0.25) is 5.78 Å². The van der Waals surface area contributed by atoms with E-state index in [2.05, 4.69) is 16.8 Å². The molecule has 0 fully saturated rings. The number of aromatic nitrogens is 1. The van der Waals surface area contributed by atoms with Crippen LogP contribution in [0.15, 0.2) is 30.3 Å². The standard InChI is InChI=1S/C21H26N2O5/c1-5-10-23-14(2)11-17(15(23)3)18(24)13-28-20(25)12-22-21(26)16-8-6-7-9-19(16)27-4/h6-9,11H,5,10,12-13H2,1-4H3,(H,22,26). The van der Waals surface area contributed by atoms with Crippen LogP contribution in [0.2, 0.25) is 0 Å². The second-order valence-corrected chi connectivity index (χ2v) is 6.40. The van der Waals surface area contributed by atoms with Gasteiger partial charge in [-0.25, -0.2) is 0 Å². The number of aryl methyl sites for hydroxylation is 1. The molecule has 0 atom stereocenters. The molecule has 0 saturated heterocycles. The second-order valence-electron chi connectivity index (χ2n) is 6.40. The van der Waals surface area contributed by atoms with Crippen LogP contribution in [0.5, 0.6) is 5.75 Å². The summed E-state index contributed by atoms with van der Waals surface area (Å²) in [4.78, 5) is 36.5. The van der Waals surface area contributed by atoms with Gasteiger partial charge in [-0.3, -0.25) is 14.4 Å². The van der Waals surface area contributed by atoms with Crippen LogP contribution in [-0.2, 0) is 16.1 Å². The van der Waals surface area contributed by atoms with Crippen molar-refractivity contribution >= 4 is 17.7 Å². The molecule has 0 aliphatic carbocycles. The Labute approximate surface area is 164 Å². The fraction of sp³-hybridized carbons (Fsp3) is 0.381.